The molecule has 0 N–H and O–H groups in total. The molecule has 6 aromatic carbocycles. The fourth-order valence-electron chi connectivity index (χ4n) is 4.95. The molecule has 0 aliphatic heterocycles. The first-order valence-electron chi connectivity index (χ1n) is 10.7. The fourth-order valence-corrected chi connectivity index (χ4v) is 5.33. The molecular formula is C30H17BrO. The number of halogens is 1. The number of fused-ring (bicyclic) bond motifs is 8. The van der Waals surface area contributed by atoms with Crippen molar-refractivity contribution in [3.8, 4) is 11.1 Å². The average molecular weight is 473 g/mol. The minimum atomic E-state index is 0.959. The van der Waals surface area contributed by atoms with Gasteiger partial charge in [-0.05, 0) is 63.0 Å². The lowest BCUT2D eigenvalue weighted by atomic mass is 9.94. The lowest BCUT2D eigenvalue weighted by Gasteiger charge is -2.10. The molecule has 0 atom stereocenters. The SMILES string of the molecule is Brc1ccc2cc(-c3cc4c5ccc6ccccc6c5oc4c4ccccc34)ccc2c1. The maximum Gasteiger partial charge on any atom is 0.143 e. The molecule has 0 radical (unpaired) electrons. The van der Waals surface area contributed by atoms with E-state index in [0.717, 1.165) is 37.2 Å². The molecule has 1 aromatic heterocycles. The molecular weight excluding hydrogens is 456 g/mol. The summed E-state index contributed by atoms with van der Waals surface area (Å²) < 4.78 is 7.65. The van der Waals surface area contributed by atoms with Crippen LogP contribution in [0, 0.1) is 0 Å². The van der Waals surface area contributed by atoms with E-state index in [1.807, 2.05) is 0 Å². The number of furan rings is 1. The number of hydrogen-bond donors (Lipinski definition) is 0. The van der Waals surface area contributed by atoms with Gasteiger partial charge in [-0.2, -0.15) is 0 Å². The maximum absolute atomic E-state index is 6.55. The van der Waals surface area contributed by atoms with Gasteiger partial charge in [-0.1, -0.05) is 88.7 Å². The van der Waals surface area contributed by atoms with Gasteiger partial charge in [0.05, 0.1) is 0 Å². The zero-order valence-electron chi connectivity index (χ0n) is 17.1. The molecule has 0 spiro atoms. The van der Waals surface area contributed by atoms with E-state index in [0.29, 0.717) is 0 Å². The molecule has 1 heterocycles. The molecule has 0 unspecified atom stereocenters. The van der Waals surface area contributed by atoms with Crippen LogP contribution in [0.1, 0.15) is 0 Å². The smallest absolute Gasteiger partial charge is 0.143 e. The normalized spacial score (nSPS) is 11.9. The quantitative estimate of drug-likeness (QED) is 0.231. The number of rotatable bonds is 1. The summed E-state index contributed by atoms with van der Waals surface area (Å²) >= 11 is 3.58. The Morgan fingerprint density at radius 1 is 0.469 bits per heavy atom. The highest BCUT2D eigenvalue weighted by atomic mass is 79.9. The van der Waals surface area contributed by atoms with Crippen LogP contribution in [0.3, 0.4) is 0 Å². The van der Waals surface area contributed by atoms with Gasteiger partial charge in [-0.15, -0.1) is 0 Å². The van der Waals surface area contributed by atoms with E-state index in [1.165, 1.54) is 32.7 Å². The van der Waals surface area contributed by atoms with Crippen LogP contribution in [0.5, 0.6) is 0 Å². The van der Waals surface area contributed by atoms with Crippen LogP contribution in [0.25, 0.3) is 65.4 Å². The lowest BCUT2D eigenvalue weighted by Crippen LogP contribution is -1.84. The Labute approximate surface area is 193 Å². The van der Waals surface area contributed by atoms with Crippen molar-refractivity contribution in [3.63, 3.8) is 0 Å². The minimum Gasteiger partial charge on any atom is -0.455 e. The van der Waals surface area contributed by atoms with Gasteiger partial charge in [0.15, 0.2) is 0 Å². The van der Waals surface area contributed by atoms with Crippen LogP contribution < -0.4 is 0 Å². The van der Waals surface area contributed by atoms with Crippen molar-refractivity contribution < 1.29 is 4.42 Å². The Hall–Kier alpha value is -3.62. The third-order valence-electron chi connectivity index (χ3n) is 6.48. The van der Waals surface area contributed by atoms with Gasteiger partial charge in [0.25, 0.3) is 0 Å². The second-order valence-corrected chi connectivity index (χ2v) is 9.23. The largest absolute Gasteiger partial charge is 0.455 e. The summed E-state index contributed by atoms with van der Waals surface area (Å²) in [7, 11) is 0. The Kier molecular flexibility index (Phi) is 3.76. The zero-order valence-corrected chi connectivity index (χ0v) is 18.7. The van der Waals surface area contributed by atoms with E-state index in [4.69, 9.17) is 4.42 Å². The zero-order chi connectivity index (χ0) is 21.2. The van der Waals surface area contributed by atoms with E-state index in [-0.39, 0.29) is 0 Å². The first-order chi connectivity index (χ1) is 15.8. The first kappa shape index (κ1) is 18.0. The summed E-state index contributed by atoms with van der Waals surface area (Å²) in [5.41, 5.74) is 4.37. The summed E-state index contributed by atoms with van der Waals surface area (Å²) in [5.74, 6) is 0. The van der Waals surface area contributed by atoms with Crippen LogP contribution >= 0.6 is 15.9 Å². The van der Waals surface area contributed by atoms with Gasteiger partial charge < -0.3 is 4.42 Å². The van der Waals surface area contributed by atoms with Crippen molar-refractivity contribution in [3.05, 3.63) is 108 Å². The van der Waals surface area contributed by atoms with E-state index in [9.17, 15) is 0 Å². The third-order valence-corrected chi connectivity index (χ3v) is 6.98. The van der Waals surface area contributed by atoms with Crippen molar-refractivity contribution in [2.45, 2.75) is 0 Å². The molecule has 150 valence electrons. The van der Waals surface area contributed by atoms with Gasteiger partial charge in [0.2, 0.25) is 0 Å². The molecule has 0 amide bonds. The molecule has 2 heteroatoms. The summed E-state index contributed by atoms with van der Waals surface area (Å²) in [4.78, 5) is 0. The Morgan fingerprint density at radius 2 is 1.12 bits per heavy atom. The summed E-state index contributed by atoms with van der Waals surface area (Å²) in [5, 5.41) is 9.50. The van der Waals surface area contributed by atoms with Gasteiger partial charge in [-0.25, -0.2) is 0 Å². The second kappa shape index (κ2) is 6.69. The van der Waals surface area contributed by atoms with Gasteiger partial charge in [0, 0.05) is 26.0 Å². The predicted molar refractivity (Wildman–Crippen MR) is 139 cm³/mol. The maximum atomic E-state index is 6.55. The molecule has 1 nitrogen and oxygen atoms in total. The van der Waals surface area contributed by atoms with Gasteiger partial charge >= 0.3 is 0 Å². The van der Waals surface area contributed by atoms with Crippen molar-refractivity contribution in [2.24, 2.45) is 0 Å². The number of hydrogen-bond acceptors (Lipinski definition) is 1. The summed E-state index contributed by atoms with van der Waals surface area (Å²) in [6.45, 7) is 0. The Morgan fingerprint density at radius 3 is 2.03 bits per heavy atom. The van der Waals surface area contributed by atoms with Crippen LogP contribution in [-0.2, 0) is 0 Å². The monoisotopic (exact) mass is 472 g/mol. The number of benzene rings is 6. The van der Waals surface area contributed by atoms with E-state index in [1.54, 1.807) is 0 Å². The summed E-state index contributed by atoms with van der Waals surface area (Å²) in [6.07, 6.45) is 0. The molecule has 0 bridgehead atoms. The molecule has 7 aromatic rings. The van der Waals surface area contributed by atoms with E-state index in [2.05, 4.69) is 119 Å². The van der Waals surface area contributed by atoms with E-state index < -0.39 is 0 Å². The van der Waals surface area contributed by atoms with Crippen molar-refractivity contribution in [1.29, 1.82) is 0 Å². The van der Waals surface area contributed by atoms with Gasteiger partial charge in [0.1, 0.15) is 11.2 Å². The molecule has 0 aliphatic rings. The van der Waals surface area contributed by atoms with Crippen LogP contribution in [0.2, 0.25) is 0 Å². The molecule has 0 fully saturated rings. The van der Waals surface area contributed by atoms with Gasteiger partial charge in [-0.3, -0.25) is 0 Å². The molecule has 0 saturated heterocycles. The average Bonchev–Trinajstić information content (AvgIpc) is 3.23. The van der Waals surface area contributed by atoms with Crippen molar-refractivity contribution in [1.82, 2.24) is 0 Å². The van der Waals surface area contributed by atoms with E-state index >= 15 is 0 Å². The second-order valence-electron chi connectivity index (χ2n) is 8.32. The Balaban J connectivity index is 1.61. The highest BCUT2D eigenvalue weighted by molar-refractivity contribution is 9.10. The van der Waals surface area contributed by atoms with Crippen molar-refractivity contribution >= 4 is 70.2 Å². The van der Waals surface area contributed by atoms with Crippen molar-refractivity contribution in [2.75, 3.05) is 0 Å². The summed E-state index contributed by atoms with van der Waals surface area (Å²) in [6, 6.07) is 36.8. The highest BCUT2D eigenvalue weighted by Gasteiger charge is 2.16. The lowest BCUT2D eigenvalue weighted by molar-refractivity contribution is 0.676. The molecule has 32 heavy (non-hydrogen) atoms. The third kappa shape index (κ3) is 2.57. The minimum absolute atomic E-state index is 0.959. The Bertz CT molecular complexity index is 1840. The highest BCUT2D eigenvalue weighted by Crippen LogP contribution is 2.42. The van der Waals surface area contributed by atoms with Crippen LogP contribution in [-0.4, -0.2) is 0 Å². The van der Waals surface area contributed by atoms with Crippen LogP contribution in [0.4, 0.5) is 0 Å². The fraction of sp³-hybridized carbons (Fsp3) is 0. The molecule has 7 rings (SSSR count). The predicted octanol–water partition coefficient (Wildman–Crippen LogP) is 9.48. The van der Waals surface area contributed by atoms with Crippen LogP contribution in [0.15, 0.2) is 112 Å². The standard InChI is InChI=1S/C30H17BrO/c31-22-13-11-19-15-21(10-9-20(19)16-22)27-17-28-26-14-12-18-5-1-2-6-23(18)29(26)32-30(28)25-8-4-3-7-24(25)27/h1-17H. The molecule has 0 saturated carbocycles. The first-order valence-corrected chi connectivity index (χ1v) is 11.5. The topological polar surface area (TPSA) is 13.1 Å². The molecule has 0 aliphatic carbocycles.